The smallest absolute Gasteiger partial charge is 0.224 e. The molecule has 18 heavy (non-hydrogen) atoms. The Hall–Kier alpha value is -1.55. The molecule has 1 aromatic rings. The molecular weight excluding hydrogens is 228 g/mol. The van der Waals surface area contributed by atoms with Gasteiger partial charge < -0.3 is 15.4 Å². The fourth-order valence-electron chi connectivity index (χ4n) is 2.15. The van der Waals surface area contributed by atoms with Gasteiger partial charge in [0.25, 0.3) is 0 Å². The minimum absolute atomic E-state index is 0.154. The van der Waals surface area contributed by atoms with E-state index in [0.29, 0.717) is 6.54 Å². The monoisotopic (exact) mass is 248 g/mol. The molecule has 1 heterocycles. The van der Waals surface area contributed by atoms with Crippen molar-refractivity contribution in [2.75, 3.05) is 26.7 Å². The number of methoxy groups -OCH3 is 1. The van der Waals surface area contributed by atoms with Crippen LogP contribution in [0.5, 0.6) is 5.75 Å². The standard InChI is InChI=1S/C14H20N2O2/c1-18-13-4-2-11(3-5-13)6-9-16-14(17)12-7-8-15-10-12/h2-5,12,15H,6-10H2,1H3,(H,16,17). The molecule has 4 nitrogen and oxygen atoms in total. The van der Waals surface area contributed by atoms with E-state index in [2.05, 4.69) is 10.6 Å². The van der Waals surface area contributed by atoms with Crippen molar-refractivity contribution in [2.24, 2.45) is 5.92 Å². The molecule has 1 unspecified atom stereocenters. The van der Waals surface area contributed by atoms with Gasteiger partial charge in [-0.15, -0.1) is 0 Å². The van der Waals surface area contributed by atoms with Crippen molar-refractivity contribution in [1.82, 2.24) is 10.6 Å². The lowest BCUT2D eigenvalue weighted by Crippen LogP contribution is -2.33. The zero-order chi connectivity index (χ0) is 12.8. The second kappa shape index (κ2) is 6.40. The molecule has 1 atom stereocenters. The molecule has 1 fully saturated rings. The maximum Gasteiger partial charge on any atom is 0.224 e. The molecule has 0 aliphatic carbocycles. The highest BCUT2D eigenvalue weighted by molar-refractivity contribution is 5.79. The quantitative estimate of drug-likeness (QED) is 0.816. The summed E-state index contributed by atoms with van der Waals surface area (Å²) in [5.74, 6) is 1.19. The third kappa shape index (κ3) is 3.47. The van der Waals surface area contributed by atoms with Gasteiger partial charge >= 0.3 is 0 Å². The predicted octanol–water partition coefficient (Wildman–Crippen LogP) is 0.963. The lowest BCUT2D eigenvalue weighted by atomic mass is 10.1. The lowest BCUT2D eigenvalue weighted by molar-refractivity contribution is -0.124. The van der Waals surface area contributed by atoms with Gasteiger partial charge in [-0.05, 0) is 37.1 Å². The molecule has 2 rings (SSSR count). The molecule has 1 aliphatic heterocycles. The van der Waals surface area contributed by atoms with Gasteiger partial charge in [0.1, 0.15) is 5.75 Å². The molecule has 0 aromatic heterocycles. The highest BCUT2D eigenvalue weighted by Crippen LogP contribution is 2.11. The van der Waals surface area contributed by atoms with Crippen molar-refractivity contribution in [3.8, 4) is 5.75 Å². The number of rotatable bonds is 5. The topological polar surface area (TPSA) is 50.4 Å². The lowest BCUT2D eigenvalue weighted by Gasteiger charge is -2.10. The van der Waals surface area contributed by atoms with Crippen molar-refractivity contribution in [1.29, 1.82) is 0 Å². The van der Waals surface area contributed by atoms with Crippen LogP contribution < -0.4 is 15.4 Å². The summed E-state index contributed by atoms with van der Waals surface area (Å²) >= 11 is 0. The van der Waals surface area contributed by atoms with Crippen molar-refractivity contribution < 1.29 is 9.53 Å². The van der Waals surface area contributed by atoms with Crippen LogP contribution in [-0.2, 0) is 11.2 Å². The fourth-order valence-corrected chi connectivity index (χ4v) is 2.15. The van der Waals surface area contributed by atoms with Crippen LogP contribution in [0.15, 0.2) is 24.3 Å². The average Bonchev–Trinajstić information content (AvgIpc) is 2.93. The third-order valence-electron chi connectivity index (χ3n) is 3.30. The molecule has 2 N–H and O–H groups in total. The van der Waals surface area contributed by atoms with Gasteiger partial charge in [0.15, 0.2) is 0 Å². The maximum absolute atomic E-state index is 11.8. The highest BCUT2D eigenvalue weighted by atomic mass is 16.5. The van der Waals surface area contributed by atoms with Crippen molar-refractivity contribution in [2.45, 2.75) is 12.8 Å². The van der Waals surface area contributed by atoms with E-state index in [1.165, 1.54) is 5.56 Å². The molecule has 4 heteroatoms. The van der Waals surface area contributed by atoms with Crippen LogP contribution in [0.2, 0.25) is 0 Å². The number of carbonyl (C=O) groups is 1. The van der Waals surface area contributed by atoms with Crippen LogP contribution in [0.1, 0.15) is 12.0 Å². The molecule has 0 saturated carbocycles. The van der Waals surface area contributed by atoms with Crippen molar-refractivity contribution in [3.63, 3.8) is 0 Å². The number of hydrogen-bond acceptors (Lipinski definition) is 3. The van der Waals surface area contributed by atoms with Gasteiger partial charge in [-0.25, -0.2) is 0 Å². The Morgan fingerprint density at radius 1 is 1.44 bits per heavy atom. The first-order valence-corrected chi connectivity index (χ1v) is 6.41. The normalized spacial score (nSPS) is 18.6. The molecule has 0 spiro atoms. The average molecular weight is 248 g/mol. The van der Waals surface area contributed by atoms with E-state index in [1.54, 1.807) is 7.11 Å². The maximum atomic E-state index is 11.8. The Kier molecular flexibility index (Phi) is 4.59. The number of carbonyl (C=O) groups excluding carboxylic acids is 1. The van der Waals surface area contributed by atoms with Gasteiger partial charge in [0, 0.05) is 13.1 Å². The Morgan fingerprint density at radius 2 is 2.22 bits per heavy atom. The summed E-state index contributed by atoms with van der Waals surface area (Å²) in [4.78, 5) is 11.8. The molecule has 98 valence electrons. The zero-order valence-electron chi connectivity index (χ0n) is 10.7. The molecule has 1 amide bonds. The Bertz CT molecular complexity index is 383. The number of benzene rings is 1. The Labute approximate surface area is 108 Å². The summed E-state index contributed by atoms with van der Waals surface area (Å²) < 4.78 is 5.10. The van der Waals surface area contributed by atoms with E-state index >= 15 is 0 Å². The minimum Gasteiger partial charge on any atom is -0.497 e. The van der Waals surface area contributed by atoms with Gasteiger partial charge in [-0.3, -0.25) is 4.79 Å². The second-order valence-electron chi connectivity index (χ2n) is 4.58. The van der Waals surface area contributed by atoms with Crippen molar-refractivity contribution >= 4 is 5.91 Å². The number of ether oxygens (including phenoxy) is 1. The molecule has 1 aliphatic rings. The Morgan fingerprint density at radius 3 is 2.83 bits per heavy atom. The van der Waals surface area contributed by atoms with Gasteiger partial charge in [-0.2, -0.15) is 0 Å². The summed E-state index contributed by atoms with van der Waals surface area (Å²) in [6.07, 6.45) is 1.81. The highest BCUT2D eigenvalue weighted by Gasteiger charge is 2.21. The van der Waals surface area contributed by atoms with Crippen LogP contribution in [-0.4, -0.2) is 32.7 Å². The largest absolute Gasteiger partial charge is 0.497 e. The summed E-state index contributed by atoms with van der Waals surface area (Å²) in [6, 6.07) is 7.94. The number of amides is 1. The van der Waals surface area contributed by atoms with E-state index < -0.39 is 0 Å². The van der Waals surface area contributed by atoms with Crippen LogP contribution in [0.4, 0.5) is 0 Å². The minimum atomic E-state index is 0.154. The first-order chi connectivity index (χ1) is 8.79. The van der Waals surface area contributed by atoms with E-state index in [4.69, 9.17) is 4.74 Å². The summed E-state index contributed by atoms with van der Waals surface area (Å²) in [5, 5.41) is 6.19. The van der Waals surface area contributed by atoms with Crippen molar-refractivity contribution in [3.05, 3.63) is 29.8 Å². The predicted molar refractivity (Wildman–Crippen MR) is 70.7 cm³/mol. The van der Waals surface area contributed by atoms with E-state index in [0.717, 1.165) is 31.7 Å². The van der Waals surface area contributed by atoms with Crippen LogP contribution >= 0.6 is 0 Å². The molecular formula is C14H20N2O2. The third-order valence-corrected chi connectivity index (χ3v) is 3.30. The summed E-state index contributed by atoms with van der Waals surface area (Å²) in [7, 11) is 1.66. The van der Waals surface area contributed by atoms with Crippen LogP contribution in [0.3, 0.4) is 0 Å². The SMILES string of the molecule is COc1ccc(CCNC(=O)C2CCNC2)cc1. The van der Waals surface area contributed by atoms with E-state index in [-0.39, 0.29) is 11.8 Å². The molecule has 1 aromatic carbocycles. The van der Waals surface area contributed by atoms with Gasteiger partial charge in [0.2, 0.25) is 5.91 Å². The van der Waals surface area contributed by atoms with Crippen LogP contribution in [0.25, 0.3) is 0 Å². The summed E-state index contributed by atoms with van der Waals surface area (Å²) in [5.41, 5.74) is 1.21. The molecule has 0 radical (unpaired) electrons. The molecule has 1 saturated heterocycles. The fraction of sp³-hybridized carbons (Fsp3) is 0.500. The Balaban J connectivity index is 1.72. The first kappa shape index (κ1) is 12.9. The number of hydrogen-bond donors (Lipinski definition) is 2. The molecule has 0 bridgehead atoms. The van der Waals surface area contributed by atoms with E-state index in [9.17, 15) is 4.79 Å². The van der Waals surface area contributed by atoms with Gasteiger partial charge in [0.05, 0.1) is 13.0 Å². The zero-order valence-corrected chi connectivity index (χ0v) is 10.7. The number of nitrogens with one attached hydrogen (secondary N) is 2. The van der Waals surface area contributed by atoms with Crippen LogP contribution in [0, 0.1) is 5.92 Å². The van der Waals surface area contributed by atoms with Gasteiger partial charge in [-0.1, -0.05) is 12.1 Å². The summed E-state index contributed by atoms with van der Waals surface area (Å²) in [6.45, 7) is 2.46. The first-order valence-electron chi connectivity index (χ1n) is 6.41. The van der Waals surface area contributed by atoms with E-state index in [1.807, 2.05) is 24.3 Å². The second-order valence-corrected chi connectivity index (χ2v) is 4.58.